The number of nitrogens with zero attached hydrogens (tertiary/aromatic N) is 4. The van der Waals surface area contributed by atoms with Crippen LogP contribution in [0.4, 0.5) is 5.69 Å². The molecule has 2 aliphatic heterocycles. The number of halogens is 1. The zero-order chi connectivity index (χ0) is 32.9. The molecule has 4 heterocycles. The molecule has 0 saturated carbocycles. The van der Waals surface area contributed by atoms with Gasteiger partial charge in [-0.25, -0.2) is 14.3 Å². The van der Waals surface area contributed by atoms with Crippen molar-refractivity contribution in [2.45, 2.75) is 52.2 Å². The summed E-state index contributed by atoms with van der Waals surface area (Å²) in [5.41, 5.74) is 7.77. The van der Waals surface area contributed by atoms with Gasteiger partial charge >= 0.3 is 5.97 Å². The zero-order valence-corrected chi connectivity index (χ0v) is 27.7. The van der Waals surface area contributed by atoms with Crippen LogP contribution in [0.1, 0.15) is 50.1 Å². The molecule has 1 atom stereocenters. The highest BCUT2D eigenvalue weighted by molar-refractivity contribution is 6.36. The topological polar surface area (TPSA) is 89.2 Å². The number of rotatable bonds is 3. The van der Waals surface area contributed by atoms with Crippen molar-refractivity contribution in [3.63, 3.8) is 0 Å². The fourth-order valence-corrected chi connectivity index (χ4v) is 6.83. The van der Waals surface area contributed by atoms with Crippen molar-refractivity contribution in [1.82, 2.24) is 14.6 Å². The summed E-state index contributed by atoms with van der Waals surface area (Å²) in [5.74, 6) is -0.439. The summed E-state index contributed by atoms with van der Waals surface area (Å²) >= 11 is 7.36. The first-order valence-electron chi connectivity index (χ1n) is 15.9. The van der Waals surface area contributed by atoms with Crippen LogP contribution in [0.15, 0.2) is 78.9 Å². The Kier molecular flexibility index (Phi) is 8.02. The van der Waals surface area contributed by atoms with Crippen LogP contribution in [-0.4, -0.2) is 51.0 Å². The molecule has 9 heteroatoms. The number of anilines is 1. The number of allylic oxidation sites excluding steroid dienone is 1. The smallest absolute Gasteiger partial charge is 0.337 e. The van der Waals surface area contributed by atoms with Gasteiger partial charge in [0.1, 0.15) is 12.4 Å². The van der Waals surface area contributed by atoms with E-state index in [9.17, 15) is 9.90 Å². The molecular formula is C38H37ClN4O4. The molecule has 1 N–H and O–H groups in total. The van der Waals surface area contributed by atoms with E-state index in [0.717, 1.165) is 35.2 Å². The molecule has 8 bridgehead atoms. The van der Waals surface area contributed by atoms with E-state index >= 15 is 0 Å². The summed E-state index contributed by atoms with van der Waals surface area (Å²) in [6.45, 7) is 9.17. The van der Waals surface area contributed by atoms with Gasteiger partial charge in [-0.2, -0.15) is 5.10 Å². The SMILES string of the molecule is Cc1nc2cc3nn2c(c1[C@H](OC(C)(C)C)C(=O)O)-c1ccc2c(c1Cl)N(C/C=C/CCc1cccc(c1)-c1cccc-3c1)CCO2. The average Bonchev–Trinajstić information content (AvgIpc) is 3.46. The third-order valence-corrected chi connectivity index (χ3v) is 8.95. The van der Waals surface area contributed by atoms with Gasteiger partial charge in [0, 0.05) is 35.0 Å². The van der Waals surface area contributed by atoms with E-state index in [4.69, 9.17) is 31.2 Å². The highest BCUT2D eigenvalue weighted by Gasteiger charge is 2.35. The maximum Gasteiger partial charge on any atom is 0.337 e. The normalized spacial score (nSPS) is 15.8. The molecule has 2 aliphatic rings. The summed E-state index contributed by atoms with van der Waals surface area (Å²) in [4.78, 5) is 20.0. The number of fused-ring (bicyclic) bond motifs is 9. The summed E-state index contributed by atoms with van der Waals surface area (Å²) in [6.07, 6.45) is 4.91. The van der Waals surface area contributed by atoms with Crippen LogP contribution >= 0.6 is 11.6 Å². The summed E-state index contributed by atoms with van der Waals surface area (Å²) < 4.78 is 14.0. The Balaban J connectivity index is 1.53. The van der Waals surface area contributed by atoms with Gasteiger partial charge in [-0.15, -0.1) is 0 Å². The Morgan fingerprint density at radius 3 is 2.57 bits per heavy atom. The lowest BCUT2D eigenvalue weighted by Gasteiger charge is -2.32. The lowest BCUT2D eigenvalue weighted by Crippen LogP contribution is -2.33. The van der Waals surface area contributed by atoms with Crippen LogP contribution in [0, 0.1) is 6.92 Å². The van der Waals surface area contributed by atoms with E-state index in [-0.39, 0.29) is 0 Å². The average molecular weight is 649 g/mol. The molecule has 240 valence electrons. The Morgan fingerprint density at radius 2 is 1.79 bits per heavy atom. The molecule has 0 fully saturated rings. The van der Waals surface area contributed by atoms with Gasteiger partial charge in [-0.05, 0) is 75.4 Å². The first-order valence-corrected chi connectivity index (χ1v) is 16.3. The van der Waals surface area contributed by atoms with E-state index in [1.54, 1.807) is 4.52 Å². The number of aromatic nitrogens is 3. The second kappa shape index (κ2) is 12.2. The number of carboxylic acid groups (broad SMARTS) is 1. The van der Waals surface area contributed by atoms with Crippen molar-refractivity contribution in [1.29, 1.82) is 0 Å². The van der Waals surface area contributed by atoms with Gasteiger partial charge in [0.05, 0.1) is 34.2 Å². The van der Waals surface area contributed by atoms with Crippen LogP contribution in [-0.2, 0) is 16.0 Å². The lowest BCUT2D eigenvalue weighted by molar-refractivity contribution is -0.160. The van der Waals surface area contributed by atoms with Crippen molar-refractivity contribution in [3.05, 3.63) is 101 Å². The van der Waals surface area contributed by atoms with E-state index < -0.39 is 17.7 Å². The van der Waals surface area contributed by atoms with Gasteiger partial charge in [-0.3, -0.25) is 0 Å². The molecule has 0 unspecified atom stereocenters. The molecule has 47 heavy (non-hydrogen) atoms. The summed E-state index contributed by atoms with van der Waals surface area (Å²) in [5, 5.41) is 16.1. The van der Waals surface area contributed by atoms with Crippen molar-refractivity contribution < 1.29 is 19.4 Å². The molecule has 7 rings (SSSR count). The maximum absolute atomic E-state index is 12.9. The molecule has 0 spiro atoms. The zero-order valence-electron chi connectivity index (χ0n) is 27.0. The number of ether oxygens (including phenoxy) is 2. The highest BCUT2D eigenvalue weighted by Crippen LogP contribution is 2.46. The monoisotopic (exact) mass is 648 g/mol. The first-order chi connectivity index (χ1) is 22.6. The van der Waals surface area contributed by atoms with E-state index in [0.29, 0.717) is 64.3 Å². The molecule has 0 amide bonds. The molecule has 0 radical (unpaired) electrons. The third kappa shape index (κ3) is 5.99. The van der Waals surface area contributed by atoms with E-state index in [2.05, 4.69) is 53.5 Å². The number of carbonyl (C=O) groups is 1. The van der Waals surface area contributed by atoms with Gasteiger partial charge < -0.3 is 19.5 Å². The second-order valence-electron chi connectivity index (χ2n) is 13.1. The van der Waals surface area contributed by atoms with Crippen molar-refractivity contribution in [3.8, 4) is 39.4 Å². The summed E-state index contributed by atoms with van der Waals surface area (Å²) in [7, 11) is 0. The number of hydrogen-bond donors (Lipinski definition) is 1. The molecule has 2 aromatic heterocycles. The maximum atomic E-state index is 12.9. The predicted molar refractivity (Wildman–Crippen MR) is 185 cm³/mol. The fraction of sp³-hybridized carbons (Fsp3) is 0.289. The quantitative estimate of drug-likeness (QED) is 0.197. The van der Waals surface area contributed by atoms with Crippen LogP contribution in [0.25, 0.3) is 39.3 Å². The van der Waals surface area contributed by atoms with Gasteiger partial charge in [0.15, 0.2) is 11.8 Å². The fourth-order valence-electron chi connectivity index (χ4n) is 6.47. The van der Waals surface area contributed by atoms with Crippen LogP contribution in [0.2, 0.25) is 5.02 Å². The lowest BCUT2D eigenvalue weighted by atomic mass is 9.97. The number of hydrogen-bond acceptors (Lipinski definition) is 6. The van der Waals surface area contributed by atoms with Gasteiger partial charge in [0.2, 0.25) is 0 Å². The number of carboxylic acids is 1. The molecule has 0 saturated heterocycles. The minimum absolute atomic E-state index is 0.399. The standard InChI is InChI=1S/C38H37ClN4O4/c1-23-32(36(37(44)45)47-38(2,3)4)34-28-15-16-30-35(33(28)39)42(18-19-46-30)17-7-5-6-10-24-11-8-12-25(20-24)26-13-9-14-27(21-26)29-22-31(40-23)43(34)41-29/h5,7-9,11-16,20-22,36H,6,10,17-19H2,1-4H3,(H,44,45)/b7-5+/t36-/m0/s1. The molecule has 8 nitrogen and oxygen atoms in total. The van der Waals surface area contributed by atoms with Crippen LogP contribution in [0.3, 0.4) is 0 Å². The Morgan fingerprint density at radius 1 is 1.02 bits per heavy atom. The molecular weight excluding hydrogens is 612 g/mol. The minimum Gasteiger partial charge on any atom is -0.490 e. The van der Waals surface area contributed by atoms with E-state index in [1.807, 2.05) is 58.0 Å². The van der Waals surface area contributed by atoms with Crippen LogP contribution in [0.5, 0.6) is 5.75 Å². The van der Waals surface area contributed by atoms with Crippen molar-refractivity contribution in [2.75, 3.05) is 24.6 Å². The Labute approximate surface area is 279 Å². The summed E-state index contributed by atoms with van der Waals surface area (Å²) in [6, 6.07) is 22.7. The number of benzene rings is 3. The third-order valence-electron chi connectivity index (χ3n) is 8.57. The van der Waals surface area contributed by atoms with Gasteiger partial charge in [0.25, 0.3) is 0 Å². The van der Waals surface area contributed by atoms with Crippen molar-refractivity contribution in [2.24, 2.45) is 0 Å². The van der Waals surface area contributed by atoms with E-state index in [1.165, 1.54) is 5.56 Å². The van der Waals surface area contributed by atoms with Crippen molar-refractivity contribution >= 4 is 28.9 Å². The highest BCUT2D eigenvalue weighted by atomic mass is 35.5. The Hall–Kier alpha value is -4.66. The van der Waals surface area contributed by atoms with Crippen LogP contribution < -0.4 is 9.64 Å². The molecule has 5 aromatic rings. The Bertz CT molecular complexity index is 2040. The number of aryl methyl sites for hydroxylation is 2. The minimum atomic E-state index is -1.32. The first kappa shape index (κ1) is 31.0. The largest absolute Gasteiger partial charge is 0.490 e. The molecule has 0 aliphatic carbocycles. The van der Waals surface area contributed by atoms with Gasteiger partial charge in [-0.1, -0.05) is 66.2 Å². The number of aliphatic carboxylic acids is 1. The molecule has 3 aromatic carbocycles. The predicted octanol–water partition coefficient (Wildman–Crippen LogP) is 8.33. The second-order valence-corrected chi connectivity index (χ2v) is 13.4.